The molecule has 1 heterocycles. The zero-order valence-corrected chi connectivity index (χ0v) is 32.3. The van der Waals surface area contributed by atoms with Gasteiger partial charge in [-0.15, -0.1) is 0 Å². The van der Waals surface area contributed by atoms with Crippen LogP contribution >= 0.6 is 11.8 Å². The van der Waals surface area contributed by atoms with Crippen LogP contribution in [0.2, 0.25) is 0 Å². The predicted molar refractivity (Wildman–Crippen MR) is 218 cm³/mol. The van der Waals surface area contributed by atoms with Crippen LogP contribution < -0.4 is 15.1 Å². The molecule has 0 saturated carbocycles. The number of carbonyl (C=O) groups excluding carboxylic acids is 2. The van der Waals surface area contributed by atoms with Crippen molar-refractivity contribution in [2.24, 2.45) is 11.8 Å². The maximum absolute atomic E-state index is 13.2. The summed E-state index contributed by atoms with van der Waals surface area (Å²) in [4.78, 5) is 31.5. The normalized spacial score (nSPS) is 18.8. The second kappa shape index (κ2) is 17.8. The number of Topliss-reactive ketones (excluding diaryl/α,β-unsaturated/α-hetero) is 1. The molecule has 2 atom stereocenters. The summed E-state index contributed by atoms with van der Waals surface area (Å²) >= 11 is 1.91. The minimum atomic E-state index is -0.557. The highest BCUT2D eigenvalue weighted by atomic mass is 32.2. The van der Waals surface area contributed by atoms with Gasteiger partial charge >= 0.3 is 5.97 Å². The van der Waals surface area contributed by atoms with Gasteiger partial charge in [0.2, 0.25) is 0 Å². The third kappa shape index (κ3) is 9.07. The van der Waals surface area contributed by atoms with Crippen molar-refractivity contribution in [2.75, 3.05) is 61.5 Å². The van der Waals surface area contributed by atoms with Crippen LogP contribution in [0.5, 0.6) is 0 Å². The van der Waals surface area contributed by atoms with Crippen LogP contribution in [-0.2, 0) is 20.7 Å². The number of likely N-dealkylation sites (N-methyl/N-ethyl adjacent to an activating group) is 1. The maximum Gasteiger partial charge on any atom is 0.306 e. The first kappa shape index (κ1) is 38.0. The Bertz CT molecular complexity index is 1840. The molecule has 0 aromatic heterocycles. The van der Waals surface area contributed by atoms with Gasteiger partial charge in [0.1, 0.15) is 18.9 Å². The minimum Gasteiger partial charge on any atom is -0.511 e. The summed E-state index contributed by atoms with van der Waals surface area (Å²) in [6, 6.07) is 25.1. The lowest BCUT2D eigenvalue weighted by molar-refractivity contribution is -0.524. The van der Waals surface area contributed by atoms with E-state index in [-0.39, 0.29) is 23.4 Å². The molecule has 6 rings (SSSR count). The number of carbonyl (C=O) groups is 2. The van der Waals surface area contributed by atoms with E-state index in [4.69, 9.17) is 4.74 Å². The Balaban J connectivity index is 0.900. The summed E-state index contributed by atoms with van der Waals surface area (Å²) in [6.45, 7) is 10.5. The van der Waals surface area contributed by atoms with Crippen LogP contribution in [0.4, 0.5) is 17.1 Å². The first-order valence-electron chi connectivity index (χ1n) is 19.1. The van der Waals surface area contributed by atoms with E-state index in [1.807, 2.05) is 60.3 Å². The number of rotatable bonds is 17. The number of esters is 1. The number of anilines is 3. The van der Waals surface area contributed by atoms with Crippen molar-refractivity contribution < 1.29 is 24.0 Å². The van der Waals surface area contributed by atoms with Gasteiger partial charge in [-0.2, -0.15) is 0 Å². The molecule has 2 N–H and O–H groups in total. The summed E-state index contributed by atoms with van der Waals surface area (Å²) in [7, 11) is 2.06. The van der Waals surface area contributed by atoms with Crippen molar-refractivity contribution in [3.63, 3.8) is 0 Å². The number of fused-ring (bicyclic) bond motifs is 1. The Morgan fingerprint density at radius 3 is 2.30 bits per heavy atom. The number of para-hydroxylation sites is 1. The van der Waals surface area contributed by atoms with E-state index < -0.39 is 5.92 Å². The Morgan fingerprint density at radius 1 is 0.943 bits per heavy atom. The smallest absolute Gasteiger partial charge is 0.306 e. The maximum atomic E-state index is 13.2. The highest BCUT2D eigenvalue weighted by molar-refractivity contribution is 8.00. The van der Waals surface area contributed by atoms with Crippen molar-refractivity contribution in [3.8, 4) is 0 Å². The predicted octanol–water partition coefficient (Wildman–Crippen LogP) is 8.15. The van der Waals surface area contributed by atoms with Crippen LogP contribution in [0.15, 0.2) is 108 Å². The molecule has 2 unspecified atom stereocenters. The molecule has 278 valence electrons. The number of aliphatic hydroxyl groups is 1. The van der Waals surface area contributed by atoms with Gasteiger partial charge in [0.15, 0.2) is 18.0 Å². The topological polar surface area (TPSA) is 85.1 Å². The zero-order chi connectivity index (χ0) is 37.3. The number of allylic oxidation sites excluding steroid dienone is 6. The average Bonchev–Trinajstić information content (AvgIpc) is 3.61. The number of ether oxygens (including phenoxy) is 1. The van der Waals surface area contributed by atoms with E-state index >= 15 is 0 Å². The van der Waals surface area contributed by atoms with Crippen molar-refractivity contribution in [1.82, 2.24) is 0 Å². The molecule has 2 aliphatic carbocycles. The molecule has 0 amide bonds. The van der Waals surface area contributed by atoms with Gasteiger partial charge < -0.3 is 25.0 Å². The number of aliphatic hydroxyl groups excluding tert-OH is 1. The monoisotopic (exact) mass is 733 g/mol. The highest BCUT2D eigenvalue weighted by Crippen LogP contribution is 2.43. The molecule has 0 saturated heterocycles. The van der Waals surface area contributed by atoms with Gasteiger partial charge in [-0.1, -0.05) is 60.3 Å². The molecular formula is C44H53N4O4S+. The Kier molecular flexibility index (Phi) is 12.8. The number of hydrogen-bond acceptors (Lipinski definition) is 8. The van der Waals surface area contributed by atoms with Gasteiger partial charge in [-0.05, 0) is 87.6 Å². The van der Waals surface area contributed by atoms with Gasteiger partial charge in [0, 0.05) is 73.1 Å². The van der Waals surface area contributed by atoms with Crippen molar-refractivity contribution >= 4 is 51.9 Å². The zero-order valence-electron chi connectivity index (χ0n) is 31.5. The number of thioether (sulfide) groups is 1. The quantitative estimate of drug-likeness (QED) is 0.106. The van der Waals surface area contributed by atoms with E-state index in [1.165, 1.54) is 16.1 Å². The fraction of sp³-hybridized carbons (Fsp3) is 0.386. The second-order valence-corrected chi connectivity index (χ2v) is 15.1. The van der Waals surface area contributed by atoms with Gasteiger partial charge in [0.25, 0.3) is 0 Å². The first-order chi connectivity index (χ1) is 25.8. The largest absolute Gasteiger partial charge is 0.511 e. The molecule has 9 heteroatoms. The molecule has 3 aromatic rings. The third-order valence-corrected chi connectivity index (χ3v) is 11.8. The number of benzene rings is 3. The lowest BCUT2D eigenvalue weighted by atomic mass is 9.71. The van der Waals surface area contributed by atoms with Crippen LogP contribution in [0, 0.1) is 11.8 Å². The molecule has 0 bridgehead atoms. The number of aryl methyl sites for hydroxylation is 1. The average molecular weight is 734 g/mol. The molecule has 3 aromatic carbocycles. The summed E-state index contributed by atoms with van der Waals surface area (Å²) in [6.07, 6.45) is 11.2. The number of nitrogens with one attached hydrogen (secondary N) is 1. The fourth-order valence-corrected chi connectivity index (χ4v) is 8.46. The summed E-state index contributed by atoms with van der Waals surface area (Å²) in [5.74, 6) is -0.813. The molecule has 1 aliphatic heterocycles. The van der Waals surface area contributed by atoms with Gasteiger partial charge in [0.05, 0.1) is 16.9 Å². The van der Waals surface area contributed by atoms with Crippen molar-refractivity contribution in [2.45, 2.75) is 56.7 Å². The fourth-order valence-electron chi connectivity index (χ4n) is 7.32. The summed E-state index contributed by atoms with van der Waals surface area (Å²) in [5.41, 5.74) is 6.99. The molecule has 3 aliphatic rings. The lowest BCUT2D eigenvalue weighted by Crippen LogP contribution is -2.36. The van der Waals surface area contributed by atoms with E-state index in [2.05, 4.69) is 96.0 Å². The molecule has 8 nitrogen and oxygen atoms in total. The standard InChI is InChI=1S/C44H52N4O4S/c1-5-47(6-2)35-23-17-32(18-24-35)41-43(50)42(44(41)51)33-19-25-36(26-20-33)48(7-3)29-30-52-40(49)13-10-28-46(4)34-21-14-31(15-22-34)16-27-39-45-37-11-8-9-12-38(37)53-39/h8-9,11-12,14-15,17-26,33,39,42,45H,5-7,10,13,16,27-30H2,1-4H3/p+1. The van der Waals surface area contributed by atoms with E-state index in [0.29, 0.717) is 36.9 Å². The van der Waals surface area contributed by atoms with Gasteiger partial charge in [-0.25, -0.2) is 4.58 Å². The number of hydrogen-bond donors (Lipinski definition) is 2. The van der Waals surface area contributed by atoms with Crippen LogP contribution in [0.3, 0.4) is 0 Å². The number of ketones is 1. The van der Waals surface area contributed by atoms with Gasteiger partial charge in [-0.3, -0.25) is 9.59 Å². The molecular weight excluding hydrogens is 681 g/mol. The molecule has 0 fully saturated rings. The SMILES string of the molecule is CCN(CC)c1ccc(C2=C(O)C(C3C=CC(=[N+](CC)CCOC(=O)CCCN(C)c4ccc(CCC5Nc6ccccc6S5)cc4)C=C3)C2=O)cc1. The summed E-state index contributed by atoms with van der Waals surface area (Å²) < 4.78 is 7.76. The van der Waals surface area contributed by atoms with Crippen LogP contribution in [0.1, 0.15) is 51.2 Å². The lowest BCUT2D eigenvalue weighted by Gasteiger charge is -2.32. The van der Waals surface area contributed by atoms with Crippen molar-refractivity contribution in [1.29, 1.82) is 0 Å². The summed E-state index contributed by atoms with van der Waals surface area (Å²) in [5, 5.41) is 15.0. The van der Waals surface area contributed by atoms with Crippen LogP contribution in [0.25, 0.3) is 5.57 Å². The van der Waals surface area contributed by atoms with E-state index in [1.54, 1.807) is 0 Å². The first-order valence-corrected chi connectivity index (χ1v) is 20.0. The van der Waals surface area contributed by atoms with E-state index in [0.717, 1.165) is 61.7 Å². The second-order valence-electron chi connectivity index (χ2n) is 13.8. The van der Waals surface area contributed by atoms with Crippen LogP contribution in [-0.4, -0.2) is 78.9 Å². The minimum absolute atomic E-state index is 0.0293. The van der Waals surface area contributed by atoms with E-state index in [9.17, 15) is 14.7 Å². The molecule has 0 spiro atoms. The Morgan fingerprint density at radius 2 is 1.64 bits per heavy atom. The Labute approximate surface area is 318 Å². The number of nitrogens with zero attached hydrogens (tertiary/aromatic N) is 3. The molecule has 0 radical (unpaired) electrons. The Hall–Kier alpha value is -4.76. The molecule has 53 heavy (non-hydrogen) atoms. The highest BCUT2D eigenvalue weighted by Gasteiger charge is 2.44. The van der Waals surface area contributed by atoms with Crippen molar-refractivity contribution in [3.05, 3.63) is 114 Å². The third-order valence-electron chi connectivity index (χ3n) is 10.5.